The van der Waals surface area contributed by atoms with Gasteiger partial charge in [0.05, 0.1) is 13.5 Å². The molecule has 92 valence electrons. The van der Waals surface area contributed by atoms with Crippen molar-refractivity contribution in [1.29, 1.82) is 0 Å². The van der Waals surface area contributed by atoms with Crippen LogP contribution in [-0.4, -0.2) is 52.8 Å². The summed E-state index contributed by atoms with van der Waals surface area (Å²) in [6.07, 6.45) is 4.26. The average Bonchev–Trinajstić information content (AvgIpc) is 2.27. The van der Waals surface area contributed by atoms with E-state index in [0.717, 1.165) is 0 Å². The van der Waals surface area contributed by atoms with Crippen LogP contribution in [0.15, 0.2) is 12.2 Å². The molecular formula is C11H15N2O4+. The number of amides is 1. The van der Waals surface area contributed by atoms with E-state index in [0.29, 0.717) is 10.5 Å². The van der Waals surface area contributed by atoms with Gasteiger partial charge in [-0.2, -0.15) is 9.31 Å². The average molecular weight is 239 g/mol. The molecule has 1 unspecified atom stereocenters. The lowest BCUT2D eigenvalue weighted by molar-refractivity contribution is -0.485. The number of carbonyl (C=O) groups is 2. The minimum Gasteiger partial charge on any atom is -0.623 e. The van der Waals surface area contributed by atoms with E-state index in [4.69, 9.17) is 4.74 Å². The van der Waals surface area contributed by atoms with Gasteiger partial charge < -0.3 is 9.94 Å². The number of hydroxylamine groups is 1. The van der Waals surface area contributed by atoms with E-state index in [1.165, 1.54) is 30.8 Å². The highest BCUT2D eigenvalue weighted by Crippen LogP contribution is 2.04. The summed E-state index contributed by atoms with van der Waals surface area (Å²) in [5.41, 5.74) is 0.313. The van der Waals surface area contributed by atoms with E-state index in [1.54, 1.807) is 13.0 Å². The Hall–Kier alpha value is -1.98. The van der Waals surface area contributed by atoms with Crippen LogP contribution in [0.1, 0.15) is 13.8 Å². The molecule has 0 aliphatic carbocycles. The molecule has 1 aliphatic rings. The van der Waals surface area contributed by atoms with E-state index < -0.39 is 12.0 Å². The molecule has 0 N–H and O–H groups in total. The number of esters is 1. The van der Waals surface area contributed by atoms with Gasteiger partial charge in [-0.15, -0.1) is 0 Å². The second kappa shape index (κ2) is 5.38. The maximum absolute atomic E-state index is 11.7. The van der Waals surface area contributed by atoms with E-state index in [1.807, 2.05) is 0 Å². The Bertz CT molecular complexity index is 435. The molecule has 1 rings (SSSR count). The molecule has 6 heteroatoms. The van der Waals surface area contributed by atoms with Crippen LogP contribution < -0.4 is 0 Å². The third kappa shape index (κ3) is 2.77. The van der Waals surface area contributed by atoms with Gasteiger partial charge in [-0.25, -0.2) is 9.59 Å². The van der Waals surface area contributed by atoms with Crippen LogP contribution in [0.2, 0.25) is 0 Å². The van der Waals surface area contributed by atoms with Gasteiger partial charge >= 0.3 is 17.9 Å². The SMILES string of the molecule is CCOC(=O)C1C(=[N+](C)C(C)=O)C=CC=[N+]1[O-]. The Balaban J connectivity index is 3.17. The highest BCUT2D eigenvalue weighted by Gasteiger charge is 2.40. The van der Waals surface area contributed by atoms with Crippen molar-refractivity contribution in [3.8, 4) is 0 Å². The molecule has 1 amide bonds. The van der Waals surface area contributed by atoms with Crippen molar-refractivity contribution in [1.82, 2.24) is 0 Å². The van der Waals surface area contributed by atoms with Gasteiger partial charge in [-0.1, -0.05) is 0 Å². The fraction of sp³-hybridized carbons (Fsp3) is 0.455. The molecule has 1 heterocycles. The zero-order chi connectivity index (χ0) is 13.0. The van der Waals surface area contributed by atoms with Crippen LogP contribution in [0.25, 0.3) is 0 Å². The van der Waals surface area contributed by atoms with Gasteiger partial charge in [-0.05, 0) is 6.92 Å². The van der Waals surface area contributed by atoms with E-state index in [9.17, 15) is 14.8 Å². The van der Waals surface area contributed by atoms with Crippen molar-refractivity contribution >= 4 is 23.8 Å². The normalized spacial score (nSPS) is 21.8. The maximum Gasteiger partial charge on any atom is 0.388 e. The van der Waals surface area contributed by atoms with E-state index >= 15 is 0 Å². The number of rotatable bonds is 2. The van der Waals surface area contributed by atoms with Crippen LogP contribution in [0.5, 0.6) is 0 Å². The third-order valence-corrected chi connectivity index (χ3v) is 2.40. The first-order valence-electron chi connectivity index (χ1n) is 5.23. The van der Waals surface area contributed by atoms with Crippen LogP contribution >= 0.6 is 0 Å². The molecule has 0 bridgehead atoms. The smallest absolute Gasteiger partial charge is 0.388 e. The Morgan fingerprint density at radius 3 is 2.76 bits per heavy atom. The summed E-state index contributed by atoms with van der Waals surface area (Å²) in [6.45, 7) is 3.20. The first-order valence-corrected chi connectivity index (χ1v) is 5.23. The summed E-state index contributed by atoms with van der Waals surface area (Å²) in [6, 6.07) is -1.12. The molecule has 0 spiro atoms. The van der Waals surface area contributed by atoms with E-state index in [2.05, 4.69) is 0 Å². The third-order valence-electron chi connectivity index (χ3n) is 2.40. The number of ether oxygens (including phenoxy) is 1. The van der Waals surface area contributed by atoms with Crippen LogP contribution in [0.4, 0.5) is 0 Å². The predicted octanol–water partition coefficient (Wildman–Crippen LogP) is -0.301. The summed E-state index contributed by atoms with van der Waals surface area (Å²) in [7, 11) is 1.51. The van der Waals surface area contributed by atoms with Crippen molar-refractivity contribution in [3.05, 3.63) is 17.4 Å². The number of nitrogens with zero attached hydrogens (tertiary/aromatic N) is 2. The fourth-order valence-corrected chi connectivity index (χ4v) is 1.46. The van der Waals surface area contributed by atoms with Gasteiger partial charge in [0.25, 0.3) is 5.71 Å². The number of carbonyl (C=O) groups excluding carboxylic acids is 2. The zero-order valence-corrected chi connectivity index (χ0v) is 10.0. The molecule has 0 saturated carbocycles. The summed E-state index contributed by atoms with van der Waals surface area (Å²) in [5.74, 6) is -0.916. The van der Waals surface area contributed by atoms with Crippen molar-refractivity contribution in [2.45, 2.75) is 19.9 Å². The topological polar surface area (TPSA) is 72.5 Å². The first kappa shape index (κ1) is 13.1. The molecule has 0 radical (unpaired) electrons. The van der Waals surface area contributed by atoms with Gasteiger partial charge in [0.15, 0.2) is 6.21 Å². The minimum atomic E-state index is -1.12. The second-order valence-electron chi connectivity index (χ2n) is 3.53. The molecule has 0 saturated heterocycles. The van der Waals surface area contributed by atoms with E-state index in [-0.39, 0.29) is 12.5 Å². The Labute approximate surface area is 99.1 Å². The predicted molar refractivity (Wildman–Crippen MR) is 61.1 cm³/mol. The van der Waals surface area contributed by atoms with Crippen LogP contribution in [0.3, 0.4) is 0 Å². The molecule has 1 aliphatic heterocycles. The van der Waals surface area contributed by atoms with Crippen molar-refractivity contribution in [2.24, 2.45) is 0 Å². The highest BCUT2D eigenvalue weighted by atomic mass is 16.5. The number of allylic oxidation sites excluding steroid dienone is 1. The molecule has 1 atom stereocenters. The molecule has 6 nitrogen and oxygen atoms in total. The van der Waals surface area contributed by atoms with Crippen LogP contribution in [0, 0.1) is 5.21 Å². The lowest BCUT2D eigenvalue weighted by Crippen LogP contribution is -2.45. The molecule has 17 heavy (non-hydrogen) atoms. The Kier molecular flexibility index (Phi) is 4.14. The summed E-state index contributed by atoms with van der Waals surface area (Å²) >= 11 is 0. The van der Waals surface area contributed by atoms with Crippen molar-refractivity contribution < 1.29 is 23.6 Å². The second-order valence-corrected chi connectivity index (χ2v) is 3.53. The molecular weight excluding hydrogens is 224 g/mol. The minimum absolute atomic E-state index is 0.184. The van der Waals surface area contributed by atoms with Gasteiger partial charge in [0.1, 0.15) is 7.05 Å². The standard InChI is InChI=1S/C11H15N2O4/c1-4-17-11(15)10-9(12(3)8(2)14)6-5-7-13(10)16/h5-7,10H,4H2,1-3H3/q+1. The Morgan fingerprint density at radius 2 is 2.24 bits per heavy atom. The molecule has 0 aromatic heterocycles. The maximum atomic E-state index is 11.7. The lowest BCUT2D eigenvalue weighted by atomic mass is 10.1. The van der Waals surface area contributed by atoms with Gasteiger partial charge in [-0.3, -0.25) is 0 Å². The zero-order valence-electron chi connectivity index (χ0n) is 10.0. The number of hydrogen-bond acceptors (Lipinski definition) is 4. The van der Waals surface area contributed by atoms with Crippen LogP contribution in [-0.2, 0) is 14.3 Å². The molecule has 0 aromatic carbocycles. The number of hydrogen-bond donors (Lipinski definition) is 0. The fourth-order valence-electron chi connectivity index (χ4n) is 1.46. The molecule has 0 aromatic rings. The first-order chi connectivity index (χ1) is 7.99. The molecule has 0 fully saturated rings. The quantitative estimate of drug-likeness (QED) is 0.377. The van der Waals surface area contributed by atoms with Crippen molar-refractivity contribution in [3.63, 3.8) is 0 Å². The summed E-state index contributed by atoms with van der Waals surface area (Å²) in [4.78, 5) is 22.9. The highest BCUT2D eigenvalue weighted by molar-refractivity contribution is 6.11. The summed E-state index contributed by atoms with van der Waals surface area (Å²) in [5, 5.41) is 11.6. The largest absolute Gasteiger partial charge is 0.623 e. The monoisotopic (exact) mass is 239 g/mol. The van der Waals surface area contributed by atoms with Gasteiger partial charge in [0.2, 0.25) is 0 Å². The Morgan fingerprint density at radius 1 is 1.59 bits per heavy atom. The van der Waals surface area contributed by atoms with Crippen molar-refractivity contribution in [2.75, 3.05) is 13.7 Å². The summed E-state index contributed by atoms with van der Waals surface area (Å²) < 4.78 is 6.56. The van der Waals surface area contributed by atoms with Gasteiger partial charge in [0, 0.05) is 12.2 Å². The lowest BCUT2D eigenvalue weighted by Gasteiger charge is -2.15.